The third-order valence-corrected chi connectivity index (χ3v) is 6.54. The fourth-order valence-electron chi connectivity index (χ4n) is 4.22. The van der Waals surface area contributed by atoms with Crippen LogP contribution in [0.5, 0.6) is 11.5 Å². The summed E-state index contributed by atoms with van der Waals surface area (Å²) in [5.74, 6) is -0.867. The summed E-state index contributed by atoms with van der Waals surface area (Å²) in [6.45, 7) is 6.60. The fourth-order valence-corrected chi connectivity index (χ4v) is 4.22. The summed E-state index contributed by atoms with van der Waals surface area (Å²) in [5, 5.41) is 15.9. The molecule has 1 aromatic heterocycles. The molecule has 1 unspecified atom stereocenters. The molecule has 0 saturated heterocycles. The largest absolute Gasteiger partial charge is 0.586 e. The molecule has 1 atom stereocenters. The summed E-state index contributed by atoms with van der Waals surface area (Å²) < 4.78 is 35.7. The zero-order valence-electron chi connectivity index (χ0n) is 19.9. The maximum atomic E-state index is 13.4. The number of hydrogen-bond acceptors (Lipinski definition) is 6. The number of rotatable bonds is 4. The van der Waals surface area contributed by atoms with E-state index in [0.29, 0.717) is 28.1 Å². The monoisotopic (exact) mass is 495 g/mol. The number of anilines is 2. The first-order valence-electron chi connectivity index (χ1n) is 11.2. The van der Waals surface area contributed by atoms with Gasteiger partial charge in [-0.3, -0.25) is 9.59 Å². The number of fused-ring (bicyclic) bond motifs is 2. The van der Waals surface area contributed by atoms with E-state index in [0.717, 1.165) is 5.56 Å². The number of pyridine rings is 1. The number of halogens is 2. The summed E-state index contributed by atoms with van der Waals surface area (Å²) in [7, 11) is 0. The van der Waals surface area contributed by atoms with Gasteiger partial charge in [0, 0.05) is 16.8 Å². The maximum Gasteiger partial charge on any atom is 0.586 e. The number of aromatic nitrogens is 1. The van der Waals surface area contributed by atoms with E-state index in [-0.39, 0.29) is 17.3 Å². The molecule has 3 aromatic rings. The van der Waals surface area contributed by atoms with Gasteiger partial charge in [-0.15, -0.1) is 8.78 Å². The second-order valence-electron chi connectivity index (χ2n) is 9.56. The molecule has 3 N–H and O–H groups in total. The van der Waals surface area contributed by atoms with Crippen molar-refractivity contribution >= 4 is 23.3 Å². The third-order valence-electron chi connectivity index (χ3n) is 6.54. The summed E-state index contributed by atoms with van der Waals surface area (Å²) in [5.41, 5.74) is 0.799. The van der Waals surface area contributed by atoms with Gasteiger partial charge in [-0.05, 0) is 63.1 Å². The van der Waals surface area contributed by atoms with Crippen molar-refractivity contribution in [2.24, 2.45) is 0 Å². The van der Waals surface area contributed by atoms with Gasteiger partial charge >= 0.3 is 6.29 Å². The van der Waals surface area contributed by atoms with Crippen molar-refractivity contribution in [1.29, 1.82) is 0 Å². The van der Waals surface area contributed by atoms with E-state index in [1.807, 2.05) is 6.92 Å². The summed E-state index contributed by atoms with van der Waals surface area (Å²) in [6, 6.07) is 12.8. The van der Waals surface area contributed by atoms with Crippen molar-refractivity contribution in [1.82, 2.24) is 4.98 Å². The molecule has 10 heteroatoms. The third kappa shape index (κ3) is 3.83. The van der Waals surface area contributed by atoms with Crippen LogP contribution in [-0.2, 0) is 20.6 Å². The van der Waals surface area contributed by atoms with Gasteiger partial charge in [-0.1, -0.05) is 24.3 Å². The molecule has 8 nitrogen and oxygen atoms in total. The average Bonchev–Trinajstić information content (AvgIpc) is 3.24. The van der Waals surface area contributed by atoms with Crippen LogP contribution in [0.3, 0.4) is 0 Å². The van der Waals surface area contributed by atoms with Gasteiger partial charge in [0.2, 0.25) is 5.91 Å². The molecule has 2 amide bonds. The number of carbonyl (C=O) groups is 2. The summed E-state index contributed by atoms with van der Waals surface area (Å²) in [4.78, 5) is 29.9. The molecule has 5 rings (SSSR count). The van der Waals surface area contributed by atoms with Crippen LogP contribution in [0.4, 0.5) is 20.3 Å². The Balaban J connectivity index is 1.40. The minimum atomic E-state index is -3.74. The lowest BCUT2D eigenvalue weighted by atomic mass is 9.83. The van der Waals surface area contributed by atoms with Crippen molar-refractivity contribution in [3.05, 3.63) is 65.2 Å². The molecule has 2 aromatic carbocycles. The Kier molecular flexibility index (Phi) is 5.08. The molecule has 2 aliphatic rings. The number of benzene rings is 2. The van der Waals surface area contributed by atoms with Crippen LogP contribution >= 0.6 is 0 Å². The number of aliphatic hydroxyl groups is 1. The quantitative estimate of drug-likeness (QED) is 0.493. The highest BCUT2D eigenvalue weighted by Gasteiger charge is 2.44. The van der Waals surface area contributed by atoms with E-state index >= 15 is 0 Å². The van der Waals surface area contributed by atoms with Crippen LogP contribution in [0.25, 0.3) is 11.3 Å². The molecular weight excluding hydrogens is 472 g/mol. The van der Waals surface area contributed by atoms with E-state index in [9.17, 15) is 23.5 Å². The number of nitrogens with zero attached hydrogens (tertiary/aromatic N) is 1. The first kappa shape index (κ1) is 23.7. The highest BCUT2D eigenvalue weighted by atomic mass is 19.3. The van der Waals surface area contributed by atoms with E-state index in [2.05, 4.69) is 25.1 Å². The van der Waals surface area contributed by atoms with Crippen LogP contribution in [0.1, 0.15) is 37.5 Å². The zero-order valence-corrected chi connectivity index (χ0v) is 19.9. The standard InChI is InChI=1S/C26H23F2N3O5/c1-13-5-10-20(30-21(13)14-6-8-16-17(11-14)29-23(33)25(16,4)34)31-22(32)24(2,3)15-7-9-18-19(12-15)36-26(27,28)35-18/h5-12,34H,1-4H3,(H,29,33)(H,30,31,32). The minimum Gasteiger partial charge on any atom is -0.395 e. The average molecular weight is 495 g/mol. The first-order chi connectivity index (χ1) is 16.8. The Bertz CT molecular complexity index is 1440. The fraction of sp³-hybridized carbons (Fsp3) is 0.269. The van der Waals surface area contributed by atoms with Crippen LogP contribution in [0, 0.1) is 6.92 Å². The molecule has 0 aliphatic carbocycles. The van der Waals surface area contributed by atoms with Gasteiger partial charge in [-0.2, -0.15) is 0 Å². The lowest BCUT2D eigenvalue weighted by Gasteiger charge is -2.24. The molecule has 0 bridgehead atoms. The number of nitrogens with one attached hydrogen (secondary N) is 2. The van der Waals surface area contributed by atoms with Gasteiger partial charge in [-0.25, -0.2) is 4.98 Å². The zero-order chi connectivity index (χ0) is 26.0. The molecule has 3 heterocycles. The number of aryl methyl sites for hydroxylation is 1. The predicted octanol–water partition coefficient (Wildman–Crippen LogP) is 4.45. The van der Waals surface area contributed by atoms with Crippen molar-refractivity contribution < 1.29 is 33.0 Å². The molecule has 0 saturated carbocycles. The molecule has 0 spiro atoms. The van der Waals surface area contributed by atoms with Crippen molar-refractivity contribution in [2.75, 3.05) is 10.6 Å². The van der Waals surface area contributed by atoms with Crippen LogP contribution in [0.2, 0.25) is 0 Å². The first-order valence-corrected chi connectivity index (χ1v) is 11.2. The Hall–Kier alpha value is -4.05. The van der Waals surface area contributed by atoms with Crippen LogP contribution in [-0.4, -0.2) is 28.2 Å². The number of amides is 2. The smallest absolute Gasteiger partial charge is 0.395 e. The van der Waals surface area contributed by atoms with Gasteiger partial charge in [0.15, 0.2) is 17.1 Å². The van der Waals surface area contributed by atoms with Gasteiger partial charge in [0.25, 0.3) is 5.91 Å². The SMILES string of the molecule is Cc1ccc(NC(=O)C(C)(C)c2ccc3c(c2)OC(F)(F)O3)nc1-c1ccc2c(c1)NC(=O)C2(C)O. The highest BCUT2D eigenvalue weighted by molar-refractivity contribution is 6.05. The minimum absolute atomic E-state index is 0.100. The Morgan fingerprint density at radius 3 is 2.56 bits per heavy atom. The summed E-state index contributed by atoms with van der Waals surface area (Å²) >= 11 is 0. The molecule has 0 fully saturated rings. The van der Waals surface area contributed by atoms with Crippen LogP contribution < -0.4 is 20.1 Å². The van der Waals surface area contributed by atoms with Crippen molar-refractivity contribution in [2.45, 2.75) is 45.0 Å². The molecular formula is C26H23F2N3O5. The number of hydrogen-bond donors (Lipinski definition) is 3. The molecule has 2 aliphatic heterocycles. The molecule has 36 heavy (non-hydrogen) atoms. The Morgan fingerprint density at radius 2 is 1.81 bits per heavy atom. The van der Waals surface area contributed by atoms with Gasteiger partial charge in [0.1, 0.15) is 5.82 Å². The van der Waals surface area contributed by atoms with Gasteiger partial charge < -0.3 is 25.2 Å². The molecule has 186 valence electrons. The number of ether oxygens (including phenoxy) is 2. The second kappa shape index (κ2) is 7.72. The maximum absolute atomic E-state index is 13.4. The highest BCUT2D eigenvalue weighted by Crippen LogP contribution is 2.43. The summed E-state index contributed by atoms with van der Waals surface area (Å²) in [6.07, 6.45) is -3.74. The van der Waals surface area contributed by atoms with Gasteiger partial charge in [0.05, 0.1) is 11.1 Å². The number of carbonyl (C=O) groups excluding carboxylic acids is 2. The van der Waals surface area contributed by atoms with Crippen LogP contribution in [0.15, 0.2) is 48.5 Å². The van der Waals surface area contributed by atoms with E-state index in [1.165, 1.54) is 25.1 Å². The normalized spacial score (nSPS) is 19.6. The molecule has 0 radical (unpaired) electrons. The predicted molar refractivity (Wildman–Crippen MR) is 127 cm³/mol. The van der Waals surface area contributed by atoms with E-state index in [1.54, 1.807) is 44.2 Å². The van der Waals surface area contributed by atoms with E-state index < -0.39 is 29.1 Å². The van der Waals surface area contributed by atoms with E-state index in [4.69, 9.17) is 0 Å². The Labute approximate surface area is 205 Å². The Morgan fingerprint density at radius 1 is 1.08 bits per heavy atom. The lowest BCUT2D eigenvalue weighted by Crippen LogP contribution is -2.35. The van der Waals surface area contributed by atoms with Crippen molar-refractivity contribution in [3.63, 3.8) is 0 Å². The lowest BCUT2D eigenvalue weighted by molar-refractivity contribution is -0.286. The number of alkyl halides is 2. The second-order valence-corrected chi connectivity index (χ2v) is 9.56. The topological polar surface area (TPSA) is 110 Å². The van der Waals surface area contributed by atoms with Crippen molar-refractivity contribution in [3.8, 4) is 22.8 Å².